The molecule has 0 aromatic heterocycles. The monoisotopic (exact) mass is 583 g/mol. The van der Waals surface area contributed by atoms with Crippen LogP contribution in [0.5, 0.6) is 0 Å². The van der Waals surface area contributed by atoms with Crippen LogP contribution in [0.15, 0.2) is 0 Å². The first-order valence-electron chi connectivity index (χ1n) is 8.66. The number of rotatable bonds is 16. The van der Waals surface area contributed by atoms with Crippen LogP contribution in [0.4, 0.5) is 0 Å². The van der Waals surface area contributed by atoms with Crippen molar-refractivity contribution >= 4 is 82.6 Å². The molecule has 7 radical (unpaired) electrons. The van der Waals surface area contributed by atoms with E-state index in [0.29, 0.717) is 0 Å². The standard InChI is InChI=1S/C9H31O12Si9/c1-22(14-23(2)16-25(4)18-27(6)20-29(8,10)11)15-24(3)17-26(5)19-28(7)21-30(9,12)13/h10-13H,1-9H3. The van der Waals surface area contributed by atoms with Crippen LogP contribution in [-0.4, -0.2) is 102 Å². The summed E-state index contributed by atoms with van der Waals surface area (Å²) in [5.41, 5.74) is 0. The van der Waals surface area contributed by atoms with Gasteiger partial charge in [0.2, 0.25) is 0 Å². The normalized spacial score (nSPS) is 14.0. The van der Waals surface area contributed by atoms with E-state index in [1.165, 1.54) is 13.1 Å². The molecule has 0 amide bonds. The molecule has 12 nitrogen and oxygen atoms in total. The number of hydrogen-bond acceptors (Lipinski definition) is 12. The Morgan fingerprint density at radius 2 is 0.567 bits per heavy atom. The van der Waals surface area contributed by atoms with Crippen LogP contribution >= 0.6 is 0 Å². The van der Waals surface area contributed by atoms with Gasteiger partial charge in [-0.1, -0.05) is 0 Å². The molecule has 0 saturated carbocycles. The third-order valence-electron chi connectivity index (χ3n) is 2.40. The van der Waals surface area contributed by atoms with Gasteiger partial charge in [0.1, 0.15) is 0 Å². The lowest BCUT2D eigenvalue weighted by Gasteiger charge is -2.24. The van der Waals surface area contributed by atoms with Crippen LogP contribution in [0.2, 0.25) is 58.9 Å². The van der Waals surface area contributed by atoms with Gasteiger partial charge in [0.05, 0.1) is 0 Å². The average molecular weight is 584 g/mol. The van der Waals surface area contributed by atoms with Crippen LogP contribution in [0.1, 0.15) is 0 Å². The van der Waals surface area contributed by atoms with Gasteiger partial charge in [-0.2, -0.15) is 0 Å². The average Bonchev–Trinajstić information content (AvgIpc) is 2.40. The van der Waals surface area contributed by atoms with Gasteiger partial charge < -0.3 is 52.1 Å². The first-order valence-corrected chi connectivity index (χ1v) is 26.0. The van der Waals surface area contributed by atoms with Gasteiger partial charge in [0, 0.05) is 13.1 Å². The van der Waals surface area contributed by atoms with Crippen molar-refractivity contribution in [2.75, 3.05) is 0 Å². The minimum atomic E-state index is -3.61. The zero-order chi connectivity index (χ0) is 23.7. The molecule has 0 unspecified atom stereocenters. The lowest BCUT2D eigenvalue weighted by atomic mass is 11.9. The Morgan fingerprint density at radius 1 is 0.400 bits per heavy atom. The molecule has 4 N–H and O–H groups in total. The van der Waals surface area contributed by atoms with Crippen LogP contribution in [-0.2, 0) is 32.9 Å². The molecule has 0 fully saturated rings. The van der Waals surface area contributed by atoms with Crippen LogP contribution in [0.3, 0.4) is 0 Å². The lowest BCUT2D eigenvalue weighted by molar-refractivity contribution is 0.226. The van der Waals surface area contributed by atoms with Crippen molar-refractivity contribution in [3.8, 4) is 0 Å². The topological polar surface area (TPSA) is 155 Å². The van der Waals surface area contributed by atoms with Crippen molar-refractivity contribution in [1.29, 1.82) is 0 Å². The van der Waals surface area contributed by atoms with E-state index in [1.54, 1.807) is 26.2 Å². The molecular weight excluding hydrogens is 553 g/mol. The van der Waals surface area contributed by atoms with Gasteiger partial charge in [-0.05, 0) is 45.8 Å². The Balaban J connectivity index is 4.21. The van der Waals surface area contributed by atoms with Gasteiger partial charge in [-0.25, -0.2) is 0 Å². The van der Waals surface area contributed by atoms with Crippen LogP contribution in [0, 0.1) is 0 Å². The van der Waals surface area contributed by atoms with Gasteiger partial charge in [0.25, 0.3) is 0 Å². The predicted molar refractivity (Wildman–Crippen MR) is 122 cm³/mol. The highest BCUT2D eigenvalue weighted by Crippen LogP contribution is 2.07. The zero-order valence-corrected chi connectivity index (χ0v) is 27.6. The van der Waals surface area contributed by atoms with E-state index >= 15 is 0 Å². The van der Waals surface area contributed by atoms with Crippen molar-refractivity contribution in [2.45, 2.75) is 58.9 Å². The summed E-state index contributed by atoms with van der Waals surface area (Å²) in [6, 6.07) is 0. The van der Waals surface area contributed by atoms with Crippen molar-refractivity contribution in [3.63, 3.8) is 0 Å². The fraction of sp³-hybridized carbons (Fsp3) is 1.00. The van der Waals surface area contributed by atoms with Gasteiger partial charge in [0.15, 0.2) is 0 Å². The van der Waals surface area contributed by atoms with E-state index < -0.39 is 82.6 Å². The molecule has 0 rings (SSSR count). The van der Waals surface area contributed by atoms with Crippen molar-refractivity contribution in [2.24, 2.45) is 0 Å². The first-order chi connectivity index (χ1) is 13.5. The summed E-state index contributed by atoms with van der Waals surface area (Å²) in [6.45, 7) is 14.9. The maximum atomic E-state index is 9.36. The summed E-state index contributed by atoms with van der Waals surface area (Å²) in [5.74, 6) is 0. The maximum absolute atomic E-state index is 9.36. The highest BCUT2D eigenvalue weighted by atomic mass is 28.5. The van der Waals surface area contributed by atoms with Gasteiger partial charge in [-0.15, -0.1) is 0 Å². The van der Waals surface area contributed by atoms with Crippen LogP contribution in [0.25, 0.3) is 0 Å². The second-order valence-corrected chi connectivity index (χ2v) is 23.3. The van der Waals surface area contributed by atoms with E-state index in [9.17, 15) is 19.2 Å². The molecule has 175 valence electrons. The number of hydrogen-bond donors (Lipinski definition) is 4. The zero-order valence-electron chi connectivity index (χ0n) is 18.6. The first kappa shape index (κ1) is 31.5. The molecule has 0 aliphatic carbocycles. The Morgan fingerprint density at radius 3 is 0.733 bits per heavy atom. The minimum Gasteiger partial charge on any atom is -0.414 e. The molecular formula is C9H31O12Si9. The summed E-state index contributed by atoms with van der Waals surface area (Å²) < 4.78 is 44.6. The molecule has 30 heavy (non-hydrogen) atoms. The third-order valence-corrected chi connectivity index (χ3v) is 21.6. The highest BCUT2D eigenvalue weighted by molar-refractivity contribution is 6.73. The van der Waals surface area contributed by atoms with Crippen molar-refractivity contribution in [1.82, 2.24) is 0 Å². The Hall–Kier alpha value is 1.47. The molecule has 21 heteroatoms. The van der Waals surface area contributed by atoms with E-state index in [0.717, 1.165) is 0 Å². The van der Waals surface area contributed by atoms with E-state index in [4.69, 9.17) is 32.9 Å². The van der Waals surface area contributed by atoms with Crippen molar-refractivity contribution in [3.05, 3.63) is 0 Å². The molecule has 0 aromatic carbocycles. The summed E-state index contributed by atoms with van der Waals surface area (Å²) >= 11 is 0. The Kier molecular flexibility index (Phi) is 15.4. The second kappa shape index (κ2) is 14.7. The third kappa shape index (κ3) is 19.0. The van der Waals surface area contributed by atoms with Gasteiger partial charge >= 0.3 is 82.6 Å². The summed E-state index contributed by atoms with van der Waals surface area (Å²) in [5, 5.41) is 0. The highest BCUT2D eigenvalue weighted by Gasteiger charge is 2.33. The van der Waals surface area contributed by atoms with E-state index in [2.05, 4.69) is 0 Å². The van der Waals surface area contributed by atoms with Gasteiger partial charge in [-0.3, -0.25) is 0 Å². The predicted octanol–water partition coefficient (Wildman–Crippen LogP) is -0.948. The van der Waals surface area contributed by atoms with E-state index in [-0.39, 0.29) is 0 Å². The molecule has 0 heterocycles. The largest absolute Gasteiger partial charge is 0.483 e. The molecule has 0 spiro atoms. The SMILES string of the molecule is C[Si](O[Si](C)O[Si](C)O[Si](C)O[Si](C)(O)O)O[Si](C)O[Si](C)O[Si](C)O[Si](C)(O)O. The fourth-order valence-corrected chi connectivity index (χ4v) is 19.8. The molecule has 0 aliphatic rings. The molecule has 0 bridgehead atoms. The lowest BCUT2D eigenvalue weighted by Crippen LogP contribution is -2.45. The molecule has 0 aliphatic heterocycles. The van der Waals surface area contributed by atoms with Crippen LogP contribution < -0.4 is 0 Å². The summed E-state index contributed by atoms with van der Waals surface area (Å²) in [6.07, 6.45) is 0. The molecule has 0 saturated heterocycles. The second-order valence-electron chi connectivity index (χ2n) is 6.13. The fourth-order valence-electron chi connectivity index (χ4n) is 1.90. The quantitative estimate of drug-likeness (QED) is 0.166. The Bertz CT molecular complexity index is 427. The van der Waals surface area contributed by atoms with Crippen molar-refractivity contribution < 1.29 is 52.1 Å². The van der Waals surface area contributed by atoms with E-state index in [1.807, 2.05) is 19.6 Å². The summed E-state index contributed by atoms with van der Waals surface area (Å²) in [4.78, 5) is 37.4. The maximum Gasteiger partial charge on any atom is 0.483 e. The minimum absolute atomic E-state index is 1.25. The molecule has 0 atom stereocenters. The Labute approximate surface area is 193 Å². The smallest absolute Gasteiger partial charge is 0.414 e. The molecule has 0 aromatic rings. The summed E-state index contributed by atoms with van der Waals surface area (Å²) in [7, 11) is -19.1.